The molecule has 0 aliphatic rings. The Morgan fingerprint density at radius 1 is 1.00 bits per heavy atom. The van der Waals surface area contributed by atoms with E-state index in [0.29, 0.717) is 31.6 Å². The minimum atomic E-state index is -3.71. The molecule has 33 heavy (non-hydrogen) atoms. The first kappa shape index (κ1) is 26.4. The molecule has 0 aliphatic carbocycles. The van der Waals surface area contributed by atoms with Crippen LogP contribution in [0.4, 0.5) is 5.69 Å². The van der Waals surface area contributed by atoms with Crippen molar-refractivity contribution in [2.45, 2.75) is 46.1 Å². The third-order valence-electron chi connectivity index (χ3n) is 5.42. The molecule has 0 radical (unpaired) electrons. The van der Waals surface area contributed by atoms with E-state index >= 15 is 0 Å². The number of carbonyl (C=O) groups is 2. The molecule has 2 aromatic rings. The smallest absolute Gasteiger partial charge is 0.244 e. The van der Waals surface area contributed by atoms with Gasteiger partial charge in [-0.2, -0.15) is 0 Å². The largest absolute Gasteiger partial charge is 0.354 e. The van der Waals surface area contributed by atoms with Gasteiger partial charge >= 0.3 is 0 Å². The van der Waals surface area contributed by atoms with Crippen molar-refractivity contribution in [1.82, 2.24) is 10.2 Å². The Labute approximate surface area is 197 Å². The van der Waals surface area contributed by atoms with Crippen molar-refractivity contribution in [2.24, 2.45) is 0 Å². The molecule has 0 aliphatic heterocycles. The molecule has 2 rings (SSSR count). The predicted molar refractivity (Wildman–Crippen MR) is 133 cm³/mol. The molecule has 0 heterocycles. The minimum Gasteiger partial charge on any atom is -0.354 e. The number of hydrogen-bond acceptors (Lipinski definition) is 4. The lowest BCUT2D eigenvalue weighted by Gasteiger charge is -2.32. The third-order valence-corrected chi connectivity index (χ3v) is 6.56. The first-order chi connectivity index (χ1) is 15.7. The van der Waals surface area contributed by atoms with Gasteiger partial charge in [-0.05, 0) is 43.9 Å². The Balaban J connectivity index is 2.32. The van der Waals surface area contributed by atoms with Gasteiger partial charge in [0, 0.05) is 13.1 Å². The topological polar surface area (TPSA) is 86.8 Å². The van der Waals surface area contributed by atoms with Crippen LogP contribution in [0.1, 0.15) is 37.8 Å². The van der Waals surface area contributed by atoms with Crippen molar-refractivity contribution in [2.75, 3.05) is 30.2 Å². The standard InChI is InChI=1S/C25H35N3O4S/c1-5-17-26-25(30)23(6-2)27(18-16-21-10-8-7-9-11-21)24(29)19-28(33(4,31)32)22-14-12-20(3)13-15-22/h7-15,23H,5-6,16-19H2,1-4H3,(H,26,30)/t23-/m1/s1. The number of rotatable bonds is 12. The highest BCUT2D eigenvalue weighted by Gasteiger charge is 2.31. The summed E-state index contributed by atoms with van der Waals surface area (Å²) in [6, 6.07) is 16.0. The van der Waals surface area contributed by atoms with Crippen LogP contribution in [0.15, 0.2) is 54.6 Å². The lowest BCUT2D eigenvalue weighted by Crippen LogP contribution is -2.53. The summed E-state index contributed by atoms with van der Waals surface area (Å²) in [5, 5.41) is 2.87. The fourth-order valence-corrected chi connectivity index (χ4v) is 4.44. The maximum Gasteiger partial charge on any atom is 0.244 e. The van der Waals surface area contributed by atoms with E-state index in [4.69, 9.17) is 0 Å². The molecule has 1 N–H and O–H groups in total. The van der Waals surface area contributed by atoms with Crippen LogP contribution >= 0.6 is 0 Å². The number of anilines is 1. The average Bonchev–Trinajstić information content (AvgIpc) is 2.79. The van der Waals surface area contributed by atoms with E-state index in [1.807, 2.05) is 51.1 Å². The molecule has 0 aromatic heterocycles. The highest BCUT2D eigenvalue weighted by Crippen LogP contribution is 2.19. The molecule has 180 valence electrons. The van der Waals surface area contributed by atoms with Crippen LogP contribution < -0.4 is 9.62 Å². The van der Waals surface area contributed by atoms with E-state index in [1.165, 1.54) is 4.90 Å². The number of nitrogens with one attached hydrogen (secondary N) is 1. The summed E-state index contributed by atoms with van der Waals surface area (Å²) in [4.78, 5) is 27.8. The van der Waals surface area contributed by atoms with Gasteiger partial charge in [0.2, 0.25) is 21.8 Å². The Kier molecular flexibility index (Phi) is 9.91. The van der Waals surface area contributed by atoms with Crippen LogP contribution in [0.5, 0.6) is 0 Å². The molecule has 0 saturated heterocycles. The molecule has 0 bridgehead atoms. The summed E-state index contributed by atoms with van der Waals surface area (Å²) in [6.07, 6.45) is 2.86. The van der Waals surface area contributed by atoms with Gasteiger partial charge in [-0.15, -0.1) is 0 Å². The number of carbonyl (C=O) groups excluding carboxylic acids is 2. The first-order valence-electron chi connectivity index (χ1n) is 11.3. The zero-order valence-corrected chi connectivity index (χ0v) is 20.8. The van der Waals surface area contributed by atoms with Crippen LogP contribution in [0.3, 0.4) is 0 Å². The SMILES string of the molecule is CCCNC(=O)[C@@H](CC)N(CCc1ccccc1)C(=O)CN(c1ccc(C)cc1)S(C)(=O)=O. The quantitative estimate of drug-likeness (QED) is 0.513. The molecular weight excluding hydrogens is 438 g/mol. The van der Waals surface area contributed by atoms with Crippen LogP contribution in [0, 0.1) is 6.92 Å². The van der Waals surface area contributed by atoms with Gasteiger partial charge in [-0.25, -0.2) is 8.42 Å². The molecular formula is C25H35N3O4S. The second kappa shape index (κ2) is 12.4. The van der Waals surface area contributed by atoms with Crippen LogP contribution in [-0.2, 0) is 26.0 Å². The second-order valence-corrected chi connectivity index (χ2v) is 10.0. The van der Waals surface area contributed by atoms with Crippen molar-refractivity contribution >= 4 is 27.5 Å². The molecule has 8 heteroatoms. The fourth-order valence-electron chi connectivity index (χ4n) is 3.59. The van der Waals surface area contributed by atoms with E-state index in [-0.39, 0.29) is 12.5 Å². The summed E-state index contributed by atoms with van der Waals surface area (Å²) in [7, 11) is -3.71. The normalized spacial score (nSPS) is 12.1. The summed E-state index contributed by atoms with van der Waals surface area (Å²) < 4.78 is 26.2. The number of sulfonamides is 1. The van der Waals surface area contributed by atoms with Crippen LogP contribution in [0.25, 0.3) is 0 Å². The monoisotopic (exact) mass is 473 g/mol. The molecule has 0 unspecified atom stereocenters. The Morgan fingerprint density at radius 2 is 1.64 bits per heavy atom. The van der Waals surface area contributed by atoms with Crippen LogP contribution in [-0.4, -0.2) is 57.1 Å². The molecule has 7 nitrogen and oxygen atoms in total. The molecule has 0 saturated carbocycles. The second-order valence-electron chi connectivity index (χ2n) is 8.14. The molecule has 2 aromatic carbocycles. The highest BCUT2D eigenvalue weighted by molar-refractivity contribution is 7.92. The molecule has 0 fully saturated rings. The maximum absolute atomic E-state index is 13.5. The van der Waals surface area contributed by atoms with E-state index in [2.05, 4.69) is 5.32 Å². The van der Waals surface area contributed by atoms with Crippen molar-refractivity contribution in [1.29, 1.82) is 0 Å². The predicted octanol–water partition coefficient (Wildman–Crippen LogP) is 3.14. The Morgan fingerprint density at radius 3 is 2.18 bits per heavy atom. The summed E-state index contributed by atoms with van der Waals surface area (Å²) in [6.45, 7) is 6.19. The van der Waals surface area contributed by atoms with E-state index in [9.17, 15) is 18.0 Å². The zero-order chi connectivity index (χ0) is 24.4. The van der Waals surface area contributed by atoms with Gasteiger partial charge in [0.1, 0.15) is 12.6 Å². The molecule has 2 amide bonds. The minimum absolute atomic E-state index is 0.220. The van der Waals surface area contributed by atoms with Gasteiger partial charge in [-0.3, -0.25) is 13.9 Å². The average molecular weight is 474 g/mol. The highest BCUT2D eigenvalue weighted by atomic mass is 32.2. The van der Waals surface area contributed by atoms with Crippen molar-refractivity contribution < 1.29 is 18.0 Å². The number of nitrogens with zero attached hydrogens (tertiary/aromatic N) is 2. The number of aryl methyl sites for hydroxylation is 1. The van der Waals surface area contributed by atoms with Crippen LogP contribution in [0.2, 0.25) is 0 Å². The number of benzene rings is 2. The van der Waals surface area contributed by atoms with Gasteiger partial charge < -0.3 is 10.2 Å². The van der Waals surface area contributed by atoms with Crippen molar-refractivity contribution in [3.8, 4) is 0 Å². The lowest BCUT2D eigenvalue weighted by atomic mass is 10.1. The van der Waals surface area contributed by atoms with E-state index in [0.717, 1.165) is 28.1 Å². The summed E-state index contributed by atoms with van der Waals surface area (Å²) in [5.74, 6) is -0.627. The molecule has 0 spiro atoms. The summed E-state index contributed by atoms with van der Waals surface area (Å²) >= 11 is 0. The van der Waals surface area contributed by atoms with Gasteiger partial charge in [0.05, 0.1) is 11.9 Å². The third kappa shape index (κ3) is 7.89. The maximum atomic E-state index is 13.5. The van der Waals surface area contributed by atoms with E-state index < -0.39 is 22.0 Å². The first-order valence-corrected chi connectivity index (χ1v) is 13.2. The van der Waals surface area contributed by atoms with Crippen molar-refractivity contribution in [3.63, 3.8) is 0 Å². The fraction of sp³-hybridized carbons (Fsp3) is 0.440. The van der Waals surface area contributed by atoms with Gasteiger partial charge in [0.15, 0.2) is 0 Å². The number of hydrogen-bond donors (Lipinski definition) is 1. The zero-order valence-electron chi connectivity index (χ0n) is 20.0. The Bertz CT molecular complexity index is 1010. The number of amides is 2. The summed E-state index contributed by atoms with van der Waals surface area (Å²) in [5.41, 5.74) is 2.45. The van der Waals surface area contributed by atoms with Crippen molar-refractivity contribution in [3.05, 3.63) is 65.7 Å². The lowest BCUT2D eigenvalue weighted by molar-refractivity contribution is -0.139. The Hall–Kier alpha value is -2.87. The van der Waals surface area contributed by atoms with Gasteiger partial charge in [0.25, 0.3) is 0 Å². The van der Waals surface area contributed by atoms with Gasteiger partial charge in [-0.1, -0.05) is 61.9 Å². The molecule has 1 atom stereocenters. The van der Waals surface area contributed by atoms with E-state index in [1.54, 1.807) is 24.3 Å².